The molecule has 2 amide bonds. The van der Waals surface area contributed by atoms with Crippen LogP contribution in [0, 0.1) is 10.1 Å². The summed E-state index contributed by atoms with van der Waals surface area (Å²) in [6, 6.07) is 11.8. The predicted octanol–water partition coefficient (Wildman–Crippen LogP) is 2.24. The summed E-state index contributed by atoms with van der Waals surface area (Å²) in [6.45, 7) is -0.454. The normalized spacial score (nSPS) is 12.6. The zero-order valence-corrected chi connectivity index (χ0v) is 15.3. The molecular weight excluding hydrogens is 362 g/mol. The molecule has 0 radical (unpaired) electrons. The van der Waals surface area contributed by atoms with Crippen LogP contribution in [-0.2, 0) is 28.9 Å². The first-order chi connectivity index (χ1) is 13.5. The van der Waals surface area contributed by atoms with Crippen molar-refractivity contribution in [3.05, 3.63) is 69.3 Å². The molecular formula is C20H21N3O5. The molecule has 2 aromatic rings. The van der Waals surface area contributed by atoms with Gasteiger partial charge in [0.05, 0.1) is 11.3 Å². The first-order valence-corrected chi connectivity index (χ1v) is 9.07. The van der Waals surface area contributed by atoms with E-state index in [2.05, 4.69) is 16.9 Å². The van der Waals surface area contributed by atoms with Crippen LogP contribution < -0.4 is 15.6 Å². The maximum atomic E-state index is 12.0. The summed E-state index contributed by atoms with van der Waals surface area (Å²) in [5, 5.41) is 10.9. The fourth-order valence-corrected chi connectivity index (χ4v) is 3.18. The first kappa shape index (κ1) is 19.3. The highest BCUT2D eigenvalue weighted by Gasteiger charge is 2.15. The lowest BCUT2D eigenvalue weighted by Crippen LogP contribution is -2.44. The number of nitro benzene ring substituents is 1. The maximum Gasteiger partial charge on any atom is 0.310 e. The molecule has 0 spiro atoms. The number of nitro groups is 1. The molecule has 0 saturated carbocycles. The fourth-order valence-electron chi connectivity index (χ4n) is 3.18. The summed E-state index contributed by atoms with van der Waals surface area (Å²) in [5.74, 6) is -0.977. The van der Waals surface area contributed by atoms with E-state index in [1.807, 2.05) is 12.1 Å². The number of hydrazine groups is 1. The van der Waals surface area contributed by atoms with Crippen LogP contribution in [0.25, 0.3) is 0 Å². The van der Waals surface area contributed by atoms with Gasteiger partial charge in [0, 0.05) is 6.07 Å². The Labute approximate surface area is 162 Å². The second kappa shape index (κ2) is 8.98. The number of rotatable bonds is 6. The molecule has 1 aliphatic carbocycles. The van der Waals surface area contributed by atoms with Crippen LogP contribution in [0.5, 0.6) is 5.75 Å². The Morgan fingerprint density at radius 3 is 2.50 bits per heavy atom. The van der Waals surface area contributed by atoms with E-state index in [0.29, 0.717) is 0 Å². The summed E-state index contributed by atoms with van der Waals surface area (Å²) < 4.78 is 5.17. The molecule has 0 saturated heterocycles. The molecule has 0 atom stereocenters. The quantitative estimate of drug-likeness (QED) is 0.587. The van der Waals surface area contributed by atoms with Gasteiger partial charge >= 0.3 is 5.69 Å². The lowest BCUT2D eigenvalue weighted by molar-refractivity contribution is -0.385. The molecule has 8 nitrogen and oxygen atoms in total. The third-order valence-corrected chi connectivity index (χ3v) is 4.54. The van der Waals surface area contributed by atoms with Crippen LogP contribution in [0.4, 0.5) is 5.69 Å². The Balaban J connectivity index is 1.46. The number of carbonyl (C=O) groups is 2. The Kier molecular flexibility index (Phi) is 6.21. The van der Waals surface area contributed by atoms with Crippen molar-refractivity contribution in [3.63, 3.8) is 0 Å². The van der Waals surface area contributed by atoms with Crippen molar-refractivity contribution < 1.29 is 19.2 Å². The number of para-hydroxylation sites is 2. The van der Waals surface area contributed by atoms with E-state index in [4.69, 9.17) is 4.74 Å². The van der Waals surface area contributed by atoms with Crippen LogP contribution in [0.2, 0.25) is 0 Å². The standard InChI is InChI=1S/C20H21N3O5/c24-19(12-14-9-10-15-5-1-2-6-16(15)11-14)21-22-20(25)13-28-18-8-4-3-7-17(18)23(26)27/h3-4,7-11H,1-2,5-6,12-13H2,(H,21,24)(H,22,25). The Morgan fingerprint density at radius 2 is 1.71 bits per heavy atom. The van der Waals surface area contributed by atoms with Gasteiger partial charge in [-0.3, -0.25) is 30.6 Å². The zero-order valence-electron chi connectivity index (χ0n) is 15.3. The summed E-state index contributed by atoms with van der Waals surface area (Å²) in [7, 11) is 0. The van der Waals surface area contributed by atoms with Gasteiger partial charge in [0.1, 0.15) is 0 Å². The van der Waals surface area contributed by atoms with Crippen molar-refractivity contribution >= 4 is 17.5 Å². The first-order valence-electron chi connectivity index (χ1n) is 9.07. The highest BCUT2D eigenvalue weighted by Crippen LogP contribution is 2.25. The minimum Gasteiger partial charge on any atom is -0.477 e. The van der Waals surface area contributed by atoms with E-state index in [-0.39, 0.29) is 23.8 Å². The van der Waals surface area contributed by atoms with Gasteiger partial charge in [-0.2, -0.15) is 0 Å². The molecule has 1 aliphatic rings. The van der Waals surface area contributed by atoms with Crippen LogP contribution in [0.15, 0.2) is 42.5 Å². The number of aryl methyl sites for hydroxylation is 2. The molecule has 146 valence electrons. The van der Waals surface area contributed by atoms with Crippen molar-refractivity contribution in [1.29, 1.82) is 0 Å². The smallest absolute Gasteiger partial charge is 0.310 e. The summed E-state index contributed by atoms with van der Waals surface area (Å²) in [5.41, 5.74) is 7.88. The monoisotopic (exact) mass is 383 g/mol. The van der Waals surface area contributed by atoms with Gasteiger partial charge < -0.3 is 4.74 Å². The Hall–Kier alpha value is -3.42. The lowest BCUT2D eigenvalue weighted by atomic mass is 9.90. The number of benzene rings is 2. The molecule has 8 heteroatoms. The average Bonchev–Trinajstić information content (AvgIpc) is 2.70. The van der Waals surface area contributed by atoms with Gasteiger partial charge in [0.25, 0.3) is 5.91 Å². The Bertz CT molecular complexity index is 897. The molecule has 2 N–H and O–H groups in total. The highest BCUT2D eigenvalue weighted by molar-refractivity contribution is 5.84. The lowest BCUT2D eigenvalue weighted by Gasteiger charge is -2.16. The number of fused-ring (bicyclic) bond motifs is 1. The molecule has 3 rings (SSSR count). The van der Waals surface area contributed by atoms with E-state index in [9.17, 15) is 19.7 Å². The van der Waals surface area contributed by atoms with Crippen molar-refractivity contribution in [2.45, 2.75) is 32.1 Å². The molecule has 28 heavy (non-hydrogen) atoms. The number of hydrogen-bond acceptors (Lipinski definition) is 5. The van der Waals surface area contributed by atoms with Gasteiger partial charge in [-0.25, -0.2) is 0 Å². The van der Waals surface area contributed by atoms with Crippen LogP contribution in [0.1, 0.15) is 29.5 Å². The van der Waals surface area contributed by atoms with Gasteiger partial charge in [-0.05, 0) is 48.4 Å². The fraction of sp³-hybridized carbons (Fsp3) is 0.300. The van der Waals surface area contributed by atoms with Crippen molar-refractivity contribution in [1.82, 2.24) is 10.9 Å². The number of nitrogens with zero attached hydrogens (tertiary/aromatic N) is 1. The number of nitrogens with one attached hydrogen (secondary N) is 2. The second-order valence-corrected chi connectivity index (χ2v) is 6.60. The average molecular weight is 383 g/mol. The summed E-state index contributed by atoms with van der Waals surface area (Å²) in [4.78, 5) is 34.2. The van der Waals surface area contributed by atoms with Crippen LogP contribution in [0.3, 0.4) is 0 Å². The Morgan fingerprint density at radius 1 is 1.00 bits per heavy atom. The molecule has 0 aliphatic heterocycles. The van der Waals surface area contributed by atoms with E-state index in [1.54, 1.807) is 6.07 Å². The number of hydrogen-bond donors (Lipinski definition) is 2. The largest absolute Gasteiger partial charge is 0.477 e. The summed E-state index contributed by atoms with van der Waals surface area (Å²) in [6.07, 6.45) is 4.63. The van der Waals surface area contributed by atoms with Crippen molar-refractivity contribution in [3.8, 4) is 5.75 Å². The molecule has 2 aromatic carbocycles. The number of ether oxygens (including phenoxy) is 1. The maximum absolute atomic E-state index is 12.0. The summed E-state index contributed by atoms with van der Waals surface area (Å²) >= 11 is 0. The van der Waals surface area contributed by atoms with Crippen LogP contribution >= 0.6 is 0 Å². The van der Waals surface area contributed by atoms with E-state index in [0.717, 1.165) is 24.8 Å². The second-order valence-electron chi connectivity index (χ2n) is 6.60. The van der Waals surface area contributed by atoms with Gasteiger partial charge in [0.15, 0.2) is 12.4 Å². The molecule has 0 heterocycles. The molecule has 0 aromatic heterocycles. The topological polar surface area (TPSA) is 111 Å². The molecule has 0 unspecified atom stereocenters. The minimum atomic E-state index is -0.614. The van der Waals surface area contributed by atoms with Crippen LogP contribution in [-0.4, -0.2) is 23.3 Å². The zero-order chi connectivity index (χ0) is 19.9. The van der Waals surface area contributed by atoms with Gasteiger partial charge in [-0.15, -0.1) is 0 Å². The highest BCUT2D eigenvalue weighted by atomic mass is 16.6. The third-order valence-electron chi connectivity index (χ3n) is 4.54. The van der Waals surface area contributed by atoms with Crippen molar-refractivity contribution in [2.75, 3.05) is 6.61 Å². The molecule has 0 fully saturated rings. The van der Waals surface area contributed by atoms with Gasteiger partial charge in [0.2, 0.25) is 5.91 Å². The predicted molar refractivity (Wildman–Crippen MR) is 102 cm³/mol. The third kappa shape index (κ3) is 5.06. The van der Waals surface area contributed by atoms with E-state index in [1.165, 1.54) is 35.7 Å². The number of amides is 2. The van der Waals surface area contributed by atoms with Gasteiger partial charge in [-0.1, -0.05) is 30.3 Å². The van der Waals surface area contributed by atoms with E-state index < -0.39 is 17.4 Å². The van der Waals surface area contributed by atoms with Crippen molar-refractivity contribution in [2.24, 2.45) is 0 Å². The minimum absolute atomic E-state index is 0.0111. The SMILES string of the molecule is O=C(COc1ccccc1[N+](=O)[O-])NNC(=O)Cc1ccc2c(c1)CCCC2. The number of carbonyl (C=O) groups excluding carboxylic acids is 2. The molecule has 0 bridgehead atoms. The van der Waals surface area contributed by atoms with E-state index >= 15 is 0 Å².